The summed E-state index contributed by atoms with van der Waals surface area (Å²) in [5, 5.41) is 18.2. The molecule has 0 fully saturated rings. The molecule has 3 rings (SSSR count). The number of ether oxygens (including phenoxy) is 2. The number of carbonyl (C=O) groups excluding carboxylic acids is 1. The Kier molecular flexibility index (Phi) is 8.23. The first-order valence-electron chi connectivity index (χ1n) is 10.9. The second-order valence-electron chi connectivity index (χ2n) is 7.76. The molecule has 1 N–H and O–H groups in total. The Morgan fingerprint density at radius 1 is 1.25 bits per heavy atom. The van der Waals surface area contributed by atoms with Crippen LogP contribution in [0.1, 0.15) is 53.2 Å². The molecule has 0 saturated heterocycles. The topological polar surface area (TPSA) is 99.9 Å². The van der Waals surface area contributed by atoms with E-state index in [0.717, 1.165) is 11.1 Å². The molecule has 1 unspecified atom stereocenters. The van der Waals surface area contributed by atoms with Gasteiger partial charge >= 0.3 is 5.97 Å². The number of fused-ring (bicyclic) bond motifs is 1. The van der Waals surface area contributed by atoms with Crippen LogP contribution in [-0.4, -0.2) is 47.7 Å². The van der Waals surface area contributed by atoms with Crippen LogP contribution < -0.4 is 4.74 Å². The van der Waals surface area contributed by atoms with Crippen LogP contribution in [0.15, 0.2) is 42.5 Å². The molecule has 2 aromatic rings. The van der Waals surface area contributed by atoms with Crippen molar-refractivity contribution in [2.75, 3.05) is 19.8 Å². The number of carboxylic acids is 1. The quantitative estimate of drug-likeness (QED) is 0.538. The zero-order chi connectivity index (χ0) is 22.9. The normalized spacial score (nSPS) is 13.9. The number of carboxylic acid groups (broad SMARTS) is 1. The second-order valence-corrected chi connectivity index (χ2v) is 7.76. The van der Waals surface area contributed by atoms with E-state index in [1.807, 2.05) is 25.1 Å². The van der Waals surface area contributed by atoms with E-state index < -0.39 is 5.97 Å². The Hall–Kier alpha value is -3.37. The van der Waals surface area contributed by atoms with Crippen molar-refractivity contribution in [3.8, 4) is 11.8 Å². The molecule has 0 radical (unpaired) electrons. The van der Waals surface area contributed by atoms with E-state index in [9.17, 15) is 14.7 Å². The number of aliphatic carboxylic acids is 1. The van der Waals surface area contributed by atoms with Crippen LogP contribution in [0.5, 0.6) is 5.75 Å². The van der Waals surface area contributed by atoms with E-state index in [-0.39, 0.29) is 18.4 Å². The van der Waals surface area contributed by atoms with Gasteiger partial charge in [0.25, 0.3) is 5.91 Å². The fourth-order valence-corrected chi connectivity index (χ4v) is 3.90. The third-order valence-electron chi connectivity index (χ3n) is 5.56. The zero-order valence-corrected chi connectivity index (χ0v) is 18.3. The summed E-state index contributed by atoms with van der Waals surface area (Å²) >= 11 is 0. The first-order chi connectivity index (χ1) is 15.5. The maximum Gasteiger partial charge on any atom is 0.305 e. The summed E-state index contributed by atoms with van der Waals surface area (Å²) in [5.41, 5.74) is 3.06. The molecule has 1 aliphatic heterocycles. The molecule has 0 bridgehead atoms. The summed E-state index contributed by atoms with van der Waals surface area (Å²) in [6.07, 6.45) is 1.89. The number of benzene rings is 2. The lowest BCUT2D eigenvalue weighted by Gasteiger charge is -2.35. The highest BCUT2D eigenvalue weighted by Crippen LogP contribution is 2.27. The van der Waals surface area contributed by atoms with Crippen LogP contribution in [0.4, 0.5) is 0 Å². The van der Waals surface area contributed by atoms with E-state index >= 15 is 0 Å². The van der Waals surface area contributed by atoms with Crippen LogP contribution in [0.3, 0.4) is 0 Å². The lowest BCUT2D eigenvalue weighted by Crippen LogP contribution is -2.45. The summed E-state index contributed by atoms with van der Waals surface area (Å²) in [5.74, 6) is -0.364. The van der Waals surface area contributed by atoms with E-state index in [4.69, 9.17) is 14.7 Å². The molecule has 0 aromatic heterocycles. The Bertz CT molecular complexity index is 981. The Labute approximate surface area is 188 Å². The monoisotopic (exact) mass is 436 g/mol. The minimum atomic E-state index is -0.906. The number of hydrogen-bond donors (Lipinski definition) is 1. The maximum absolute atomic E-state index is 13.1. The summed E-state index contributed by atoms with van der Waals surface area (Å²) in [6.45, 7) is 3.95. The molecular weight excluding hydrogens is 408 g/mol. The van der Waals surface area contributed by atoms with Crippen LogP contribution >= 0.6 is 0 Å². The fourth-order valence-electron chi connectivity index (χ4n) is 3.90. The van der Waals surface area contributed by atoms with Crippen LogP contribution in [0.2, 0.25) is 0 Å². The molecule has 1 heterocycles. The summed E-state index contributed by atoms with van der Waals surface area (Å²) in [6, 6.07) is 14.4. The molecule has 7 heteroatoms. The first-order valence-corrected chi connectivity index (χ1v) is 10.9. The number of amides is 1. The van der Waals surface area contributed by atoms with Gasteiger partial charge in [0, 0.05) is 31.4 Å². The highest BCUT2D eigenvalue weighted by Gasteiger charge is 2.31. The highest BCUT2D eigenvalue weighted by molar-refractivity contribution is 5.97. The van der Waals surface area contributed by atoms with Crippen molar-refractivity contribution in [1.82, 2.24) is 4.90 Å². The average Bonchev–Trinajstić information content (AvgIpc) is 2.80. The number of hydrogen-bond acceptors (Lipinski definition) is 5. The van der Waals surface area contributed by atoms with Crippen LogP contribution in [0.25, 0.3) is 0 Å². The predicted molar refractivity (Wildman–Crippen MR) is 118 cm³/mol. The first kappa shape index (κ1) is 23.3. The summed E-state index contributed by atoms with van der Waals surface area (Å²) in [7, 11) is 0. The molecule has 1 amide bonds. The molecule has 168 valence electrons. The number of carbonyl (C=O) groups is 2. The number of rotatable bonds is 11. The van der Waals surface area contributed by atoms with Crippen molar-refractivity contribution in [3.63, 3.8) is 0 Å². The van der Waals surface area contributed by atoms with Crippen LogP contribution in [0, 0.1) is 11.3 Å². The fraction of sp³-hybridized carbons (Fsp3) is 0.400. The van der Waals surface area contributed by atoms with Gasteiger partial charge in [-0.15, -0.1) is 0 Å². The standard InChI is InChI=1S/C25H28N2O5/c1-2-31-13-3-4-21(15-24(28)29)27-12-11-20-14-22(9-10-23(20)25(27)30)32-17-19-7-5-18(16-26)6-8-19/h5-10,14,21H,2-4,11-13,15,17H2,1H3,(H,28,29). The van der Waals surface area contributed by atoms with E-state index in [2.05, 4.69) is 6.07 Å². The van der Waals surface area contributed by atoms with Gasteiger partial charge in [-0.1, -0.05) is 12.1 Å². The van der Waals surface area contributed by atoms with Gasteiger partial charge in [-0.25, -0.2) is 0 Å². The second kappa shape index (κ2) is 11.3. The summed E-state index contributed by atoms with van der Waals surface area (Å²) in [4.78, 5) is 26.2. The smallest absolute Gasteiger partial charge is 0.305 e. The molecule has 7 nitrogen and oxygen atoms in total. The Morgan fingerprint density at radius 3 is 2.72 bits per heavy atom. The van der Waals surface area contributed by atoms with Gasteiger partial charge < -0.3 is 19.5 Å². The molecule has 0 saturated carbocycles. The zero-order valence-electron chi connectivity index (χ0n) is 18.3. The molecule has 32 heavy (non-hydrogen) atoms. The van der Waals surface area contributed by atoms with Gasteiger partial charge in [0.15, 0.2) is 0 Å². The molecule has 2 aromatic carbocycles. The molecule has 0 spiro atoms. The Balaban J connectivity index is 1.65. The van der Waals surface area contributed by atoms with Gasteiger partial charge in [0.05, 0.1) is 18.1 Å². The Morgan fingerprint density at radius 2 is 2.03 bits per heavy atom. The van der Waals surface area contributed by atoms with Crippen molar-refractivity contribution in [2.45, 2.75) is 45.3 Å². The van der Waals surface area contributed by atoms with Crippen molar-refractivity contribution < 1.29 is 24.2 Å². The van der Waals surface area contributed by atoms with Crippen molar-refractivity contribution in [1.29, 1.82) is 5.26 Å². The van der Waals surface area contributed by atoms with E-state index in [1.54, 1.807) is 29.2 Å². The van der Waals surface area contributed by atoms with Gasteiger partial charge in [0.2, 0.25) is 0 Å². The molecule has 1 aliphatic rings. The van der Waals surface area contributed by atoms with Gasteiger partial charge in [-0.05, 0) is 67.6 Å². The minimum absolute atomic E-state index is 0.0705. The minimum Gasteiger partial charge on any atom is -0.489 e. The average molecular weight is 437 g/mol. The lowest BCUT2D eigenvalue weighted by molar-refractivity contribution is -0.138. The summed E-state index contributed by atoms with van der Waals surface area (Å²) < 4.78 is 11.2. The lowest BCUT2D eigenvalue weighted by atomic mass is 9.95. The van der Waals surface area contributed by atoms with Gasteiger partial charge in [0.1, 0.15) is 12.4 Å². The largest absolute Gasteiger partial charge is 0.489 e. The predicted octanol–water partition coefficient (Wildman–Crippen LogP) is 3.80. The number of nitrogens with zero attached hydrogens (tertiary/aromatic N) is 2. The molecule has 1 atom stereocenters. The van der Waals surface area contributed by atoms with Crippen molar-refractivity contribution in [3.05, 3.63) is 64.7 Å². The SMILES string of the molecule is CCOCCCC(CC(=O)O)N1CCc2cc(OCc3ccc(C#N)cc3)ccc2C1=O. The van der Waals surface area contributed by atoms with E-state index in [0.29, 0.717) is 62.5 Å². The van der Waals surface area contributed by atoms with Gasteiger partial charge in [-0.2, -0.15) is 5.26 Å². The van der Waals surface area contributed by atoms with Crippen LogP contribution in [-0.2, 0) is 22.6 Å². The third kappa shape index (κ3) is 6.08. The molecule has 0 aliphatic carbocycles. The van der Waals surface area contributed by atoms with Gasteiger partial charge in [-0.3, -0.25) is 9.59 Å². The third-order valence-corrected chi connectivity index (χ3v) is 5.56. The van der Waals surface area contributed by atoms with E-state index in [1.165, 1.54) is 0 Å². The highest BCUT2D eigenvalue weighted by atomic mass is 16.5. The van der Waals surface area contributed by atoms with Crippen molar-refractivity contribution in [2.24, 2.45) is 0 Å². The number of nitriles is 1. The maximum atomic E-state index is 13.1. The van der Waals surface area contributed by atoms with Crippen molar-refractivity contribution >= 4 is 11.9 Å². The molecular formula is C25H28N2O5.